The van der Waals surface area contributed by atoms with Crippen molar-refractivity contribution >= 4 is 12.8 Å². The van der Waals surface area contributed by atoms with Gasteiger partial charge in [-0.2, -0.15) is 0 Å². The van der Waals surface area contributed by atoms with E-state index in [0.29, 0.717) is 5.72 Å². The molecule has 0 bridgehead atoms. The predicted octanol–water partition coefficient (Wildman–Crippen LogP) is 3.74. The maximum Gasteiger partial charge on any atom is 0.534 e. The number of hydrogen-bond acceptors (Lipinski definition) is 4. The molecular weight excluding hydrogens is 311 g/mol. The zero-order valence-corrected chi connectivity index (χ0v) is 16.3. The van der Waals surface area contributed by atoms with Crippen LogP contribution in [0.2, 0.25) is 0 Å². The third-order valence-electron chi connectivity index (χ3n) is 5.22. The van der Waals surface area contributed by atoms with E-state index in [1.807, 2.05) is 40.1 Å². The molecule has 0 atom stereocenters. The Bertz CT molecular complexity index is 731. The Hall–Kier alpha value is -1.72. The van der Waals surface area contributed by atoms with Gasteiger partial charge < -0.3 is 9.31 Å². The van der Waals surface area contributed by atoms with Crippen molar-refractivity contribution in [3.8, 4) is 11.1 Å². The lowest BCUT2D eigenvalue weighted by atomic mass is 9.86. The molecule has 1 aliphatic rings. The summed E-state index contributed by atoms with van der Waals surface area (Å²) in [4.78, 5) is 8.96. The molecule has 1 aromatic heterocycles. The van der Waals surface area contributed by atoms with Crippen LogP contribution in [-0.2, 0) is 14.7 Å². The van der Waals surface area contributed by atoms with E-state index in [1.54, 1.807) is 0 Å². The Morgan fingerprint density at radius 2 is 1.28 bits per heavy atom. The third kappa shape index (κ3) is 3.49. The smallest absolute Gasteiger partial charge is 0.397 e. The summed E-state index contributed by atoms with van der Waals surface area (Å²) >= 11 is 0. The van der Waals surface area contributed by atoms with Crippen molar-refractivity contribution < 1.29 is 9.31 Å². The molecule has 25 heavy (non-hydrogen) atoms. The average Bonchev–Trinajstić information content (AvgIpc) is 2.75. The molecule has 5 heteroatoms. The lowest BCUT2D eigenvalue weighted by Gasteiger charge is -2.32. The lowest BCUT2D eigenvalue weighted by molar-refractivity contribution is 0.00578. The van der Waals surface area contributed by atoms with Gasteiger partial charge in [0.1, 0.15) is 0 Å². The third-order valence-corrected chi connectivity index (χ3v) is 5.22. The standard InChI is InChI=1S/C20H27BN2O2/c1-18(2,3)16-10-8-14(9-11-16)15-12-22-17(23-13-15)21-24-19(4,5)20(6,7)25-21/h8-13H,1-7H3. The van der Waals surface area contributed by atoms with Crippen molar-refractivity contribution in [1.82, 2.24) is 9.97 Å². The van der Waals surface area contributed by atoms with Gasteiger partial charge in [0, 0.05) is 18.0 Å². The van der Waals surface area contributed by atoms with Gasteiger partial charge >= 0.3 is 7.12 Å². The van der Waals surface area contributed by atoms with E-state index >= 15 is 0 Å². The van der Waals surface area contributed by atoms with Gasteiger partial charge in [-0.3, -0.25) is 0 Å². The van der Waals surface area contributed by atoms with Crippen molar-refractivity contribution in [1.29, 1.82) is 0 Å². The van der Waals surface area contributed by atoms with Crippen molar-refractivity contribution in [2.45, 2.75) is 65.1 Å². The van der Waals surface area contributed by atoms with Crippen LogP contribution in [0.1, 0.15) is 54.0 Å². The summed E-state index contributed by atoms with van der Waals surface area (Å²) in [6.45, 7) is 14.7. The second kappa shape index (κ2) is 5.92. The minimum Gasteiger partial charge on any atom is -0.397 e. The van der Waals surface area contributed by atoms with E-state index in [0.717, 1.165) is 11.1 Å². The monoisotopic (exact) mass is 338 g/mol. The molecule has 0 saturated carbocycles. The van der Waals surface area contributed by atoms with Gasteiger partial charge in [0.05, 0.1) is 11.2 Å². The van der Waals surface area contributed by atoms with Crippen LogP contribution >= 0.6 is 0 Å². The maximum atomic E-state index is 6.00. The van der Waals surface area contributed by atoms with Crippen LogP contribution in [0.15, 0.2) is 36.7 Å². The van der Waals surface area contributed by atoms with Crippen LogP contribution in [0.25, 0.3) is 11.1 Å². The Morgan fingerprint density at radius 1 is 0.800 bits per heavy atom. The van der Waals surface area contributed by atoms with Crippen LogP contribution in [0.4, 0.5) is 0 Å². The minimum atomic E-state index is -0.526. The SMILES string of the molecule is CC(C)(C)c1ccc(-c2cnc(B3OC(C)(C)C(C)(C)O3)nc2)cc1. The molecule has 4 nitrogen and oxygen atoms in total. The average molecular weight is 338 g/mol. The summed E-state index contributed by atoms with van der Waals surface area (Å²) in [6.07, 6.45) is 3.67. The molecule has 132 valence electrons. The van der Waals surface area contributed by atoms with Crippen LogP contribution in [0.5, 0.6) is 0 Å². The fourth-order valence-corrected chi connectivity index (χ4v) is 2.72. The molecule has 1 aliphatic heterocycles. The molecule has 0 spiro atoms. The van der Waals surface area contributed by atoms with E-state index in [1.165, 1.54) is 5.56 Å². The van der Waals surface area contributed by atoms with Gasteiger partial charge in [-0.25, -0.2) is 9.97 Å². The first kappa shape index (κ1) is 18.1. The van der Waals surface area contributed by atoms with Crippen molar-refractivity contribution in [3.05, 3.63) is 42.2 Å². The van der Waals surface area contributed by atoms with E-state index in [-0.39, 0.29) is 16.6 Å². The molecule has 2 heterocycles. The number of aromatic nitrogens is 2. The lowest BCUT2D eigenvalue weighted by Crippen LogP contribution is -2.41. The summed E-state index contributed by atoms with van der Waals surface area (Å²) in [5.41, 5.74) is 3.34. The Balaban J connectivity index is 1.79. The molecule has 0 amide bonds. The van der Waals surface area contributed by atoms with E-state index in [2.05, 4.69) is 55.0 Å². The fraction of sp³-hybridized carbons (Fsp3) is 0.500. The van der Waals surface area contributed by atoms with E-state index in [4.69, 9.17) is 9.31 Å². The number of rotatable bonds is 2. The summed E-state index contributed by atoms with van der Waals surface area (Å²) in [6, 6.07) is 8.57. The van der Waals surface area contributed by atoms with Crippen LogP contribution < -0.4 is 5.72 Å². The quantitative estimate of drug-likeness (QED) is 0.783. The van der Waals surface area contributed by atoms with Crippen molar-refractivity contribution in [2.24, 2.45) is 0 Å². The summed E-state index contributed by atoms with van der Waals surface area (Å²) in [7, 11) is -0.526. The molecule has 0 unspecified atom stereocenters. The zero-order valence-electron chi connectivity index (χ0n) is 16.3. The van der Waals surface area contributed by atoms with Crippen LogP contribution in [0, 0.1) is 0 Å². The van der Waals surface area contributed by atoms with Crippen molar-refractivity contribution in [2.75, 3.05) is 0 Å². The van der Waals surface area contributed by atoms with E-state index < -0.39 is 7.12 Å². The minimum absolute atomic E-state index is 0.148. The largest absolute Gasteiger partial charge is 0.534 e. The predicted molar refractivity (Wildman–Crippen MR) is 102 cm³/mol. The first-order valence-corrected chi connectivity index (χ1v) is 8.78. The number of nitrogens with zero attached hydrogens (tertiary/aromatic N) is 2. The Morgan fingerprint density at radius 3 is 1.72 bits per heavy atom. The first-order chi connectivity index (χ1) is 11.5. The molecule has 0 N–H and O–H groups in total. The van der Waals surface area contributed by atoms with Gasteiger partial charge in [-0.1, -0.05) is 45.0 Å². The zero-order chi connectivity index (χ0) is 18.5. The highest BCUT2D eigenvalue weighted by Gasteiger charge is 2.53. The highest BCUT2D eigenvalue weighted by atomic mass is 16.7. The van der Waals surface area contributed by atoms with Crippen LogP contribution in [0.3, 0.4) is 0 Å². The maximum absolute atomic E-state index is 6.00. The Labute approximate surface area is 151 Å². The molecule has 2 aromatic rings. The Kier molecular flexibility index (Phi) is 4.29. The molecule has 0 aliphatic carbocycles. The molecule has 0 radical (unpaired) electrons. The highest BCUT2D eigenvalue weighted by molar-refractivity contribution is 6.60. The molecular formula is C20H27BN2O2. The summed E-state index contributed by atoms with van der Waals surface area (Å²) in [5, 5.41) is 0. The summed E-state index contributed by atoms with van der Waals surface area (Å²) < 4.78 is 12.0. The molecule has 1 saturated heterocycles. The van der Waals surface area contributed by atoms with Gasteiger partial charge in [-0.05, 0) is 44.2 Å². The fourth-order valence-electron chi connectivity index (χ4n) is 2.72. The normalized spacial score (nSPS) is 19.2. The van der Waals surface area contributed by atoms with Gasteiger partial charge in [0.2, 0.25) is 0 Å². The molecule has 1 fully saturated rings. The van der Waals surface area contributed by atoms with Crippen LogP contribution in [-0.4, -0.2) is 28.3 Å². The summed E-state index contributed by atoms with van der Waals surface area (Å²) in [5.74, 6) is 0. The topological polar surface area (TPSA) is 44.2 Å². The van der Waals surface area contributed by atoms with Crippen molar-refractivity contribution in [3.63, 3.8) is 0 Å². The first-order valence-electron chi connectivity index (χ1n) is 8.78. The molecule has 1 aromatic carbocycles. The number of hydrogen-bond donors (Lipinski definition) is 0. The molecule has 3 rings (SSSR count). The second-order valence-electron chi connectivity index (χ2n) is 8.75. The second-order valence-corrected chi connectivity index (χ2v) is 8.75. The highest BCUT2D eigenvalue weighted by Crippen LogP contribution is 2.36. The van der Waals surface area contributed by atoms with Gasteiger partial charge in [-0.15, -0.1) is 0 Å². The van der Waals surface area contributed by atoms with Gasteiger partial charge in [0.15, 0.2) is 5.72 Å². The van der Waals surface area contributed by atoms with E-state index in [9.17, 15) is 0 Å². The van der Waals surface area contributed by atoms with Gasteiger partial charge in [0.25, 0.3) is 0 Å². The number of benzene rings is 1.